The lowest BCUT2D eigenvalue weighted by Gasteiger charge is -2.41. The highest BCUT2D eigenvalue weighted by Crippen LogP contribution is 2.65. The van der Waals surface area contributed by atoms with Gasteiger partial charge >= 0.3 is 0 Å². The van der Waals surface area contributed by atoms with E-state index in [1.165, 1.54) is 89.3 Å². The molecule has 1 atom stereocenters. The molecular weight excluding hydrogens is 761 g/mol. The van der Waals surface area contributed by atoms with Crippen LogP contribution in [0, 0.1) is 0 Å². The smallest absolute Gasteiger partial charge is 0.0719 e. The van der Waals surface area contributed by atoms with Crippen molar-refractivity contribution in [2.24, 2.45) is 0 Å². The number of allylic oxidation sites excluding steroid dienone is 12. The topological polar surface area (TPSA) is 6.48 Å². The predicted molar refractivity (Wildman–Crippen MR) is 264 cm³/mol. The third-order valence-electron chi connectivity index (χ3n) is 14.5. The summed E-state index contributed by atoms with van der Waals surface area (Å²) in [7, 11) is 0. The van der Waals surface area contributed by atoms with Crippen molar-refractivity contribution in [2.75, 3.05) is 9.80 Å². The van der Waals surface area contributed by atoms with Crippen LogP contribution in [0.3, 0.4) is 0 Å². The maximum Gasteiger partial charge on any atom is 0.0719 e. The van der Waals surface area contributed by atoms with Gasteiger partial charge in [-0.05, 0) is 165 Å². The lowest BCUT2D eigenvalue weighted by molar-refractivity contribution is 0.769. The number of benzene rings is 7. The zero-order chi connectivity index (χ0) is 41.5. The standard InChI is InChI=1S/C61H46N2/c1-3-15-41(16-4-1)43-27-33-47(34-28-43)62-57-25-13-14-26-58(57)63(48-35-29-44(30-36-48)42-17-5-2-6-18-42)60-40-46(32-38-59(60)62)45-31-37-52-51-21-9-12-24-55(51)61(56(52)39-45)53-22-10-7-19-49(53)50-20-8-11-23-54(50)61/h1,3-5,7,9-19,21-30,32-36,38-40H,2,6,8,20,31,37H2. The highest BCUT2D eigenvalue weighted by molar-refractivity contribution is 6.04. The van der Waals surface area contributed by atoms with Gasteiger partial charge in [-0.3, -0.25) is 0 Å². The Morgan fingerprint density at radius 1 is 0.397 bits per heavy atom. The molecule has 0 bridgehead atoms. The minimum atomic E-state index is -0.299. The molecule has 5 aliphatic carbocycles. The fraction of sp³-hybridized carbons (Fsp3) is 0.115. The van der Waals surface area contributed by atoms with E-state index in [2.05, 4.69) is 216 Å². The quantitative estimate of drug-likeness (QED) is 0.171. The number of anilines is 6. The number of hydrogen-bond acceptors (Lipinski definition) is 2. The highest BCUT2D eigenvalue weighted by Gasteiger charge is 2.53. The second-order valence-corrected chi connectivity index (χ2v) is 17.7. The zero-order valence-electron chi connectivity index (χ0n) is 35.3. The minimum Gasteiger partial charge on any atom is -0.306 e. The third kappa shape index (κ3) is 5.44. The monoisotopic (exact) mass is 806 g/mol. The van der Waals surface area contributed by atoms with E-state index in [4.69, 9.17) is 0 Å². The first-order chi connectivity index (χ1) is 31.3. The van der Waals surface area contributed by atoms with Crippen LogP contribution in [-0.4, -0.2) is 0 Å². The van der Waals surface area contributed by atoms with Crippen molar-refractivity contribution in [3.8, 4) is 11.1 Å². The van der Waals surface area contributed by atoms with Gasteiger partial charge in [0, 0.05) is 11.4 Å². The molecule has 1 unspecified atom stereocenters. The first kappa shape index (κ1) is 36.3. The minimum absolute atomic E-state index is 0.299. The molecule has 0 radical (unpaired) electrons. The summed E-state index contributed by atoms with van der Waals surface area (Å²) in [5, 5.41) is 0. The van der Waals surface area contributed by atoms with Crippen LogP contribution in [0.1, 0.15) is 71.9 Å². The number of hydrogen-bond donors (Lipinski definition) is 0. The number of rotatable bonds is 5. The Morgan fingerprint density at radius 2 is 0.968 bits per heavy atom. The zero-order valence-corrected chi connectivity index (χ0v) is 35.3. The van der Waals surface area contributed by atoms with E-state index in [9.17, 15) is 0 Å². The molecule has 6 aliphatic rings. The molecule has 2 nitrogen and oxygen atoms in total. The molecule has 0 saturated heterocycles. The molecule has 0 aromatic heterocycles. The number of nitrogens with zero attached hydrogens (tertiary/aromatic N) is 2. The molecule has 1 heterocycles. The van der Waals surface area contributed by atoms with Crippen LogP contribution in [0.5, 0.6) is 0 Å². The summed E-state index contributed by atoms with van der Waals surface area (Å²) >= 11 is 0. The molecule has 13 rings (SSSR count). The van der Waals surface area contributed by atoms with Crippen LogP contribution in [0.4, 0.5) is 34.1 Å². The molecular formula is C61H46N2. The van der Waals surface area contributed by atoms with Crippen LogP contribution >= 0.6 is 0 Å². The van der Waals surface area contributed by atoms with Crippen LogP contribution in [0.2, 0.25) is 0 Å². The van der Waals surface area contributed by atoms with Gasteiger partial charge in [0.2, 0.25) is 0 Å². The molecule has 0 saturated carbocycles. The van der Waals surface area contributed by atoms with Gasteiger partial charge in [-0.2, -0.15) is 0 Å². The Bertz CT molecular complexity index is 3190. The molecule has 7 aromatic carbocycles. The van der Waals surface area contributed by atoms with Gasteiger partial charge in [-0.15, -0.1) is 0 Å². The van der Waals surface area contributed by atoms with Gasteiger partial charge in [0.1, 0.15) is 0 Å². The molecule has 7 aromatic rings. The van der Waals surface area contributed by atoms with Gasteiger partial charge in [-0.1, -0.05) is 158 Å². The number of fused-ring (bicyclic) bond motifs is 10. The van der Waals surface area contributed by atoms with E-state index in [-0.39, 0.29) is 5.41 Å². The van der Waals surface area contributed by atoms with Crippen molar-refractivity contribution in [1.29, 1.82) is 0 Å². The lowest BCUT2D eigenvalue weighted by Crippen LogP contribution is -2.28. The van der Waals surface area contributed by atoms with Crippen molar-refractivity contribution in [3.05, 3.63) is 251 Å². The van der Waals surface area contributed by atoms with E-state index < -0.39 is 0 Å². The fourth-order valence-electron chi connectivity index (χ4n) is 11.7. The summed E-state index contributed by atoms with van der Waals surface area (Å²) in [5.74, 6) is 0. The third-order valence-corrected chi connectivity index (χ3v) is 14.5. The molecule has 300 valence electrons. The van der Waals surface area contributed by atoms with E-state index in [0.717, 1.165) is 61.3 Å². The van der Waals surface area contributed by atoms with E-state index >= 15 is 0 Å². The van der Waals surface area contributed by atoms with E-state index in [0.29, 0.717) is 0 Å². The van der Waals surface area contributed by atoms with Crippen molar-refractivity contribution in [2.45, 2.75) is 43.9 Å². The van der Waals surface area contributed by atoms with Gasteiger partial charge in [0.15, 0.2) is 0 Å². The molecule has 0 amide bonds. The van der Waals surface area contributed by atoms with E-state index in [1.807, 2.05) is 0 Å². The summed E-state index contributed by atoms with van der Waals surface area (Å²) in [4.78, 5) is 4.96. The number of para-hydroxylation sites is 2. The van der Waals surface area contributed by atoms with Crippen LogP contribution in [0.25, 0.3) is 33.4 Å². The Hall–Kier alpha value is -7.42. The molecule has 0 N–H and O–H groups in total. The van der Waals surface area contributed by atoms with Crippen molar-refractivity contribution < 1.29 is 0 Å². The van der Waals surface area contributed by atoms with Gasteiger partial charge in [-0.25, -0.2) is 0 Å². The lowest BCUT2D eigenvalue weighted by atomic mass is 9.67. The molecule has 63 heavy (non-hydrogen) atoms. The average molecular weight is 807 g/mol. The van der Waals surface area contributed by atoms with Gasteiger partial charge in [0.25, 0.3) is 0 Å². The average Bonchev–Trinajstić information content (AvgIpc) is 3.83. The highest BCUT2D eigenvalue weighted by atomic mass is 15.3. The Morgan fingerprint density at radius 3 is 1.67 bits per heavy atom. The molecule has 1 spiro atoms. The molecule has 2 heteroatoms. The second-order valence-electron chi connectivity index (χ2n) is 17.7. The summed E-state index contributed by atoms with van der Waals surface area (Å²) in [6, 6.07) is 63.7. The summed E-state index contributed by atoms with van der Waals surface area (Å²) < 4.78 is 0. The predicted octanol–water partition coefficient (Wildman–Crippen LogP) is 16.4. The SMILES string of the molecule is C1=CC(c2ccc(N3c4ccccc4N(c4ccc(-c5ccccc5)cc4)c4ccc(C5=CC6=C(CC5)c5ccccc5C65C6=C(CCC=C6)c6ccccc65)cc43)cc2)=CCC1. The van der Waals surface area contributed by atoms with Crippen LogP contribution in [-0.2, 0) is 5.41 Å². The Kier molecular flexibility index (Phi) is 8.24. The normalized spacial score (nSPS) is 19.0. The molecule has 0 fully saturated rings. The van der Waals surface area contributed by atoms with E-state index in [1.54, 1.807) is 0 Å². The first-order valence-electron chi connectivity index (χ1n) is 22.8. The maximum atomic E-state index is 2.61. The first-order valence-corrected chi connectivity index (χ1v) is 22.8. The Balaban J connectivity index is 0.983. The van der Waals surface area contributed by atoms with Gasteiger partial charge < -0.3 is 9.80 Å². The summed E-state index contributed by atoms with van der Waals surface area (Å²) in [6.45, 7) is 0. The Labute approximate surface area is 370 Å². The van der Waals surface area contributed by atoms with Crippen LogP contribution < -0.4 is 9.80 Å². The van der Waals surface area contributed by atoms with Crippen LogP contribution in [0.15, 0.2) is 217 Å². The van der Waals surface area contributed by atoms with Crippen molar-refractivity contribution in [3.63, 3.8) is 0 Å². The van der Waals surface area contributed by atoms with Gasteiger partial charge in [0.05, 0.1) is 28.2 Å². The van der Waals surface area contributed by atoms with Crippen molar-refractivity contribution in [1.82, 2.24) is 0 Å². The largest absolute Gasteiger partial charge is 0.306 e. The summed E-state index contributed by atoms with van der Waals surface area (Å²) in [6.07, 6.45) is 20.8. The molecule has 1 aliphatic heterocycles. The van der Waals surface area contributed by atoms with Crippen molar-refractivity contribution >= 4 is 56.4 Å². The summed E-state index contributed by atoms with van der Waals surface area (Å²) in [5.41, 5.74) is 26.1. The fourth-order valence-corrected chi connectivity index (χ4v) is 11.7. The second kappa shape index (κ2) is 14.3. The maximum absolute atomic E-state index is 2.61.